The van der Waals surface area contributed by atoms with E-state index >= 15 is 0 Å². The van der Waals surface area contributed by atoms with Gasteiger partial charge in [-0.25, -0.2) is 13.4 Å². The number of hydrogen-bond donors (Lipinski definition) is 0. The van der Waals surface area contributed by atoms with Crippen LogP contribution in [0.3, 0.4) is 0 Å². The Kier molecular flexibility index (Phi) is 6.68. The fraction of sp³-hybridized carbons (Fsp3) is 0.560. The van der Waals surface area contributed by atoms with Crippen LogP contribution in [0, 0.1) is 0 Å². The summed E-state index contributed by atoms with van der Waals surface area (Å²) in [6.45, 7) is 5.44. The quantitative estimate of drug-likeness (QED) is 0.643. The van der Waals surface area contributed by atoms with E-state index in [1.807, 2.05) is 11.0 Å². The summed E-state index contributed by atoms with van der Waals surface area (Å²) in [5.41, 5.74) is 3.24. The van der Waals surface area contributed by atoms with Gasteiger partial charge in [0.1, 0.15) is 0 Å². The number of rotatable bonds is 5. The molecule has 0 bridgehead atoms. The number of piperazine rings is 1. The molecule has 2 fully saturated rings. The third kappa shape index (κ3) is 5.16. The van der Waals surface area contributed by atoms with Gasteiger partial charge in [0.2, 0.25) is 5.91 Å². The van der Waals surface area contributed by atoms with Gasteiger partial charge in [0.25, 0.3) is 0 Å². The number of amides is 1. The fourth-order valence-corrected chi connectivity index (χ4v) is 6.06. The molecule has 0 spiro atoms. The molecule has 1 aromatic heterocycles. The standard InChI is InChI=1S/C25H33N5O3S/c1-34(32,33)21-8-4-5-19(15-21)23-16-26-24-17-28(10-9-22(24)27-23)18-25(31)30-13-11-29(12-14-30)20-6-2-3-7-20/h4-5,8,15-16,20H,2-3,6-7,9-14,17-18H2,1H3. The van der Waals surface area contributed by atoms with Gasteiger partial charge in [-0.05, 0) is 25.0 Å². The summed E-state index contributed by atoms with van der Waals surface area (Å²) in [5, 5.41) is 0. The van der Waals surface area contributed by atoms with Gasteiger partial charge in [-0.3, -0.25) is 19.6 Å². The molecule has 1 saturated heterocycles. The van der Waals surface area contributed by atoms with Crippen LogP contribution in [0.4, 0.5) is 0 Å². The lowest BCUT2D eigenvalue weighted by atomic mass is 10.1. The van der Waals surface area contributed by atoms with E-state index in [1.165, 1.54) is 31.9 Å². The van der Waals surface area contributed by atoms with Crippen LogP contribution in [-0.2, 0) is 27.6 Å². The van der Waals surface area contributed by atoms with E-state index in [4.69, 9.17) is 4.98 Å². The van der Waals surface area contributed by atoms with E-state index in [0.29, 0.717) is 18.8 Å². The summed E-state index contributed by atoms with van der Waals surface area (Å²) < 4.78 is 23.8. The fourth-order valence-electron chi connectivity index (χ4n) is 5.40. The normalized spacial score (nSPS) is 20.4. The third-order valence-electron chi connectivity index (χ3n) is 7.39. The Morgan fingerprint density at radius 3 is 2.56 bits per heavy atom. The summed E-state index contributed by atoms with van der Waals surface area (Å²) in [7, 11) is -3.28. The molecular formula is C25H33N5O3S. The number of aromatic nitrogens is 2. The van der Waals surface area contributed by atoms with E-state index in [2.05, 4.69) is 14.8 Å². The molecule has 182 valence electrons. The lowest BCUT2D eigenvalue weighted by Crippen LogP contribution is -2.53. The van der Waals surface area contributed by atoms with Gasteiger partial charge in [-0.2, -0.15) is 0 Å². The molecule has 2 aromatic rings. The molecule has 1 aliphatic carbocycles. The molecule has 0 unspecified atom stereocenters. The molecule has 5 rings (SSSR count). The molecule has 1 saturated carbocycles. The number of nitrogens with zero attached hydrogens (tertiary/aromatic N) is 5. The summed E-state index contributed by atoms with van der Waals surface area (Å²) in [4.78, 5) is 29.4. The molecule has 3 heterocycles. The maximum Gasteiger partial charge on any atom is 0.236 e. The molecule has 0 N–H and O–H groups in total. The summed E-state index contributed by atoms with van der Waals surface area (Å²) >= 11 is 0. The molecule has 2 aliphatic heterocycles. The van der Waals surface area contributed by atoms with Crippen molar-refractivity contribution in [1.29, 1.82) is 0 Å². The average molecular weight is 484 g/mol. The highest BCUT2D eigenvalue weighted by molar-refractivity contribution is 7.90. The highest BCUT2D eigenvalue weighted by Crippen LogP contribution is 2.25. The van der Waals surface area contributed by atoms with Crippen molar-refractivity contribution in [3.05, 3.63) is 41.9 Å². The Labute approximate surface area is 201 Å². The Balaban J connectivity index is 1.18. The van der Waals surface area contributed by atoms with E-state index in [9.17, 15) is 13.2 Å². The minimum absolute atomic E-state index is 0.205. The number of benzene rings is 1. The number of carbonyl (C=O) groups excluding carboxylic acids is 1. The van der Waals surface area contributed by atoms with Gasteiger partial charge in [0, 0.05) is 63.6 Å². The van der Waals surface area contributed by atoms with Crippen LogP contribution in [0.2, 0.25) is 0 Å². The molecule has 8 nitrogen and oxygen atoms in total. The monoisotopic (exact) mass is 483 g/mol. The summed E-state index contributed by atoms with van der Waals surface area (Å²) in [6.07, 6.45) is 8.95. The van der Waals surface area contributed by atoms with Crippen LogP contribution in [-0.4, -0.2) is 90.6 Å². The van der Waals surface area contributed by atoms with E-state index < -0.39 is 9.84 Å². The zero-order valence-corrected chi connectivity index (χ0v) is 20.6. The predicted molar refractivity (Wildman–Crippen MR) is 130 cm³/mol. The van der Waals surface area contributed by atoms with E-state index in [1.54, 1.807) is 24.4 Å². The molecule has 34 heavy (non-hydrogen) atoms. The number of fused-ring (bicyclic) bond motifs is 1. The third-order valence-corrected chi connectivity index (χ3v) is 8.50. The second-order valence-corrected chi connectivity index (χ2v) is 11.8. The van der Waals surface area contributed by atoms with Crippen molar-refractivity contribution in [3.8, 4) is 11.3 Å². The zero-order valence-electron chi connectivity index (χ0n) is 19.8. The topological polar surface area (TPSA) is 86.7 Å². The zero-order chi connectivity index (χ0) is 23.7. The van der Waals surface area contributed by atoms with Gasteiger partial charge in [0.05, 0.1) is 34.7 Å². The minimum Gasteiger partial charge on any atom is -0.339 e. The SMILES string of the molecule is CS(=O)(=O)c1cccc(-c2cnc3c(n2)CCN(CC(=O)N2CCN(C4CCCC4)CC2)C3)c1. The summed E-state index contributed by atoms with van der Waals surface area (Å²) in [6, 6.07) is 7.55. The highest BCUT2D eigenvalue weighted by Gasteiger charge is 2.29. The second kappa shape index (κ2) is 9.71. The molecular weight excluding hydrogens is 450 g/mol. The largest absolute Gasteiger partial charge is 0.339 e. The number of carbonyl (C=O) groups is 1. The molecule has 9 heteroatoms. The Hall–Kier alpha value is -2.36. The van der Waals surface area contributed by atoms with Crippen molar-refractivity contribution < 1.29 is 13.2 Å². The molecule has 0 radical (unpaired) electrons. The van der Waals surface area contributed by atoms with E-state index in [-0.39, 0.29) is 10.8 Å². The van der Waals surface area contributed by atoms with Crippen molar-refractivity contribution in [2.24, 2.45) is 0 Å². The van der Waals surface area contributed by atoms with Crippen molar-refractivity contribution in [2.75, 3.05) is 45.5 Å². The van der Waals surface area contributed by atoms with Crippen LogP contribution in [0.5, 0.6) is 0 Å². The molecule has 1 aromatic carbocycles. The first kappa shape index (κ1) is 23.4. The molecule has 0 atom stereocenters. The minimum atomic E-state index is -3.28. The van der Waals surface area contributed by atoms with Gasteiger partial charge in [-0.15, -0.1) is 0 Å². The van der Waals surface area contributed by atoms with Crippen molar-refractivity contribution in [3.63, 3.8) is 0 Å². The second-order valence-electron chi connectivity index (χ2n) is 9.76. The van der Waals surface area contributed by atoms with Gasteiger partial charge < -0.3 is 4.90 Å². The maximum absolute atomic E-state index is 12.9. The van der Waals surface area contributed by atoms with Gasteiger partial charge in [-0.1, -0.05) is 25.0 Å². The van der Waals surface area contributed by atoms with Gasteiger partial charge >= 0.3 is 0 Å². The number of hydrogen-bond acceptors (Lipinski definition) is 7. The van der Waals surface area contributed by atoms with E-state index in [0.717, 1.165) is 62.1 Å². The lowest BCUT2D eigenvalue weighted by Gasteiger charge is -2.39. The maximum atomic E-state index is 12.9. The van der Waals surface area contributed by atoms with Crippen molar-refractivity contribution >= 4 is 15.7 Å². The smallest absolute Gasteiger partial charge is 0.236 e. The Bertz CT molecular complexity index is 1150. The van der Waals surface area contributed by atoms with Gasteiger partial charge in [0.15, 0.2) is 9.84 Å². The van der Waals surface area contributed by atoms with Crippen LogP contribution in [0.25, 0.3) is 11.3 Å². The first-order valence-electron chi connectivity index (χ1n) is 12.3. The van der Waals surface area contributed by atoms with Crippen LogP contribution >= 0.6 is 0 Å². The average Bonchev–Trinajstić information content (AvgIpc) is 3.38. The highest BCUT2D eigenvalue weighted by atomic mass is 32.2. The van der Waals surface area contributed by atoms with Crippen molar-refractivity contribution in [2.45, 2.75) is 49.6 Å². The van der Waals surface area contributed by atoms with Crippen molar-refractivity contribution in [1.82, 2.24) is 24.7 Å². The first-order chi connectivity index (χ1) is 16.4. The van der Waals surface area contributed by atoms with Crippen LogP contribution in [0.1, 0.15) is 37.1 Å². The first-order valence-corrected chi connectivity index (χ1v) is 14.2. The number of sulfone groups is 1. The molecule has 3 aliphatic rings. The van der Waals surface area contributed by atoms with Crippen LogP contribution in [0.15, 0.2) is 35.4 Å². The van der Waals surface area contributed by atoms with Crippen LogP contribution < -0.4 is 0 Å². The molecule has 1 amide bonds. The predicted octanol–water partition coefficient (Wildman–Crippen LogP) is 1.99. The lowest BCUT2D eigenvalue weighted by molar-refractivity contribution is -0.134. The summed E-state index contributed by atoms with van der Waals surface area (Å²) in [5.74, 6) is 0.205. The Morgan fingerprint density at radius 1 is 1.06 bits per heavy atom. The Morgan fingerprint density at radius 2 is 1.82 bits per heavy atom.